The lowest BCUT2D eigenvalue weighted by molar-refractivity contribution is -0.116. The maximum absolute atomic E-state index is 11.7. The summed E-state index contributed by atoms with van der Waals surface area (Å²) in [5.74, 6) is -0.0960. The lowest BCUT2D eigenvalue weighted by Gasteiger charge is -2.02. The molecule has 0 saturated carbocycles. The first-order valence-corrected chi connectivity index (χ1v) is 6.95. The summed E-state index contributed by atoms with van der Waals surface area (Å²) in [4.78, 5) is 11.7. The molecule has 0 unspecified atom stereocenters. The summed E-state index contributed by atoms with van der Waals surface area (Å²) < 4.78 is 0. The fourth-order valence-electron chi connectivity index (χ4n) is 2.01. The van der Waals surface area contributed by atoms with Crippen LogP contribution >= 0.6 is 0 Å². The number of anilines is 1. The van der Waals surface area contributed by atoms with Crippen LogP contribution in [0.15, 0.2) is 36.5 Å². The Kier molecular flexibility index (Phi) is 5.15. The number of H-pyrrole nitrogens is 1. The average Bonchev–Trinajstić information content (AvgIpc) is 2.87. The molecule has 5 nitrogen and oxygen atoms in total. The van der Waals surface area contributed by atoms with Crippen molar-refractivity contribution in [3.8, 4) is 0 Å². The number of rotatable bonds is 6. The van der Waals surface area contributed by atoms with Crippen LogP contribution in [0.1, 0.15) is 23.2 Å². The molecule has 0 bridgehead atoms. The number of amides is 1. The standard InChI is InChI=1S/C16H20N4O/c1-12-14(11-19-20-12)5-3-9-18-16(21)8-7-13-4-2-6-15(17)10-13/h2,4,6-8,10-11H,3,5,9,17H2,1H3,(H,18,21)(H,19,20)/b8-7+. The lowest BCUT2D eigenvalue weighted by Crippen LogP contribution is -2.22. The molecule has 0 aliphatic carbocycles. The van der Waals surface area contributed by atoms with E-state index >= 15 is 0 Å². The van der Waals surface area contributed by atoms with E-state index in [1.165, 1.54) is 11.6 Å². The Morgan fingerprint density at radius 2 is 2.33 bits per heavy atom. The maximum Gasteiger partial charge on any atom is 0.243 e. The van der Waals surface area contributed by atoms with Crippen LogP contribution in [0.4, 0.5) is 5.69 Å². The van der Waals surface area contributed by atoms with E-state index in [2.05, 4.69) is 15.5 Å². The number of nitrogens with one attached hydrogen (secondary N) is 2. The van der Waals surface area contributed by atoms with Crippen LogP contribution in [0.3, 0.4) is 0 Å². The molecule has 110 valence electrons. The van der Waals surface area contributed by atoms with E-state index in [0.29, 0.717) is 12.2 Å². The highest BCUT2D eigenvalue weighted by atomic mass is 16.1. The van der Waals surface area contributed by atoms with Gasteiger partial charge in [0.05, 0.1) is 6.20 Å². The van der Waals surface area contributed by atoms with Gasteiger partial charge >= 0.3 is 0 Å². The van der Waals surface area contributed by atoms with Crippen LogP contribution < -0.4 is 11.1 Å². The van der Waals surface area contributed by atoms with Gasteiger partial charge in [-0.3, -0.25) is 9.89 Å². The van der Waals surface area contributed by atoms with Crippen molar-refractivity contribution in [2.24, 2.45) is 0 Å². The molecule has 0 fully saturated rings. The van der Waals surface area contributed by atoms with Crippen LogP contribution in [0, 0.1) is 6.92 Å². The zero-order valence-electron chi connectivity index (χ0n) is 12.1. The Morgan fingerprint density at radius 1 is 1.48 bits per heavy atom. The average molecular weight is 284 g/mol. The normalized spacial score (nSPS) is 10.9. The molecule has 1 aromatic carbocycles. The number of carbonyl (C=O) groups excluding carboxylic acids is 1. The monoisotopic (exact) mass is 284 g/mol. The molecule has 0 atom stereocenters. The number of carbonyl (C=O) groups is 1. The number of benzene rings is 1. The number of nitrogens with zero attached hydrogens (tertiary/aromatic N) is 1. The van der Waals surface area contributed by atoms with Crippen molar-refractivity contribution in [2.45, 2.75) is 19.8 Å². The predicted octanol–water partition coefficient (Wildman–Crippen LogP) is 2.06. The third kappa shape index (κ3) is 4.80. The minimum atomic E-state index is -0.0960. The molecule has 2 rings (SSSR count). The fourth-order valence-corrected chi connectivity index (χ4v) is 2.01. The molecule has 0 aliphatic rings. The Morgan fingerprint density at radius 3 is 3.05 bits per heavy atom. The molecule has 1 heterocycles. The number of nitrogens with two attached hydrogens (primary N) is 1. The van der Waals surface area contributed by atoms with E-state index in [-0.39, 0.29) is 5.91 Å². The number of nitrogen functional groups attached to an aromatic ring is 1. The largest absolute Gasteiger partial charge is 0.399 e. The van der Waals surface area contributed by atoms with Gasteiger partial charge in [0.25, 0.3) is 0 Å². The SMILES string of the molecule is Cc1[nH]ncc1CCCNC(=O)/C=C/c1cccc(N)c1. The van der Waals surface area contributed by atoms with Gasteiger partial charge in [0.2, 0.25) is 5.91 Å². The quantitative estimate of drug-likeness (QED) is 0.431. The summed E-state index contributed by atoms with van der Waals surface area (Å²) in [5.41, 5.74) is 9.56. The summed E-state index contributed by atoms with van der Waals surface area (Å²) >= 11 is 0. The first-order valence-electron chi connectivity index (χ1n) is 6.95. The van der Waals surface area contributed by atoms with Gasteiger partial charge in [0, 0.05) is 24.0 Å². The molecule has 5 heteroatoms. The van der Waals surface area contributed by atoms with Crippen LogP contribution in [0.5, 0.6) is 0 Å². The van der Waals surface area contributed by atoms with E-state index in [1.807, 2.05) is 37.4 Å². The summed E-state index contributed by atoms with van der Waals surface area (Å²) in [7, 11) is 0. The van der Waals surface area contributed by atoms with Gasteiger partial charge < -0.3 is 11.1 Å². The number of aromatic nitrogens is 2. The molecular weight excluding hydrogens is 264 g/mol. The van der Waals surface area contributed by atoms with E-state index in [4.69, 9.17) is 5.73 Å². The van der Waals surface area contributed by atoms with E-state index in [1.54, 1.807) is 6.08 Å². The first kappa shape index (κ1) is 14.8. The van der Waals surface area contributed by atoms with Crippen LogP contribution in [-0.4, -0.2) is 22.6 Å². The van der Waals surface area contributed by atoms with Gasteiger partial charge in [-0.1, -0.05) is 12.1 Å². The van der Waals surface area contributed by atoms with Gasteiger partial charge in [0.15, 0.2) is 0 Å². The Labute approximate surface area is 124 Å². The third-order valence-corrected chi connectivity index (χ3v) is 3.19. The highest BCUT2D eigenvalue weighted by Gasteiger charge is 2.00. The zero-order chi connectivity index (χ0) is 15.1. The van der Waals surface area contributed by atoms with Gasteiger partial charge in [-0.15, -0.1) is 0 Å². The van der Waals surface area contributed by atoms with Crippen LogP contribution in [0.25, 0.3) is 6.08 Å². The second-order valence-corrected chi connectivity index (χ2v) is 4.92. The molecule has 0 spiro atoms. The summed E-state index contributed by atoms with van der Waals surface area (Å²) in [5, 5.41) is 9.74. The Balaban J connectivity index is 1.71. The molecular formula is C16H20N4O. The lowest BCUT2D eigenvalue weighted by atomic mass is 10.1. The molecule has 2 aromatic rings. The minimum absolute atomic E-state index is 0.0960. The number of hydrogen-bond donors (Lipinski definition) is 3. The number of aromatic amines is 1. The first-order chi connectivity index (χ1) is 10.1. The van der Waals surface area contributed by atoms with Gasteiger partial charge in [-0.05, 0) is 49.1 Å². The van der Waals surface area contributed by atoms with Crippen molar-refractivity contribution >= 4 is 17.7 Å². The second kappa shape index (κ2) is 7.28. The minimum Gasteiger partial charge on any atom is -0.399 e. The van der Waals surface area contributed by atoms with E-state index in [9.17, 15) is 4.79 Å². The van der Waals surface area contributed by atoms with Crippen molar-refractivity contribution in [1.29, 1.82) is 0 Å². The van der Waals surface area contributed by atoms with Gasteiger partial charge in [0.1, 0.15) is 0 Å². The summed E-state index contributed by atoms with van der Waals surface area (Å²) in [6, 6.07) is 7.41. The summed E-state index contributed by atoms with van der Waals surface area (Å²) in [6.45, 7) is 2.64. The molecule has 0 saturated heterocycles. The zero-order valence-corrected chi connectivity index (χ0v) is 12.1. The molecule has 1 aromatic heterocycles. The van der Waals surface area contributed by atoms with Crippen molar-refractivity contribution in [2.75, 3.05) is 12.3 Å². The predicted molar refractivity (Wildman–Crippen MR) is 84.5 cm³/mol. The van der Waals surface area contributed by atoms with Gasteiger partial charge in [-0.2, -0.15) is 5.10 Å². The Hall–Kier alpha value is -2.56. The van der Waals surface area contributed by atoms with Gasteiger partial charge in [-0.25, -0.2) is 0 Å². The molecule has 0 radical (unpaired) electrons. The third-order valence-electron chi connectivity index (χ3n) is 3.19. The van der Waals surface area contributed by atoms with E-state index in [0.717, 1.165) is 24.1 Å². The number of hydrogen-bond acceptors (Lipinski definition) is 3. The van der Waals surface area contributed by atoms with Crippen molar-refractivity contribution in [3.05, 3.63) is 53.4 Å². The molecule has 0 aliphatic heterocycles. The van der Waals surface area contributed by atoms with Crippen LogP contribution in [0.2, 0.25) is 0 Å². The smallest absolute Gasteiger partial charge is 0.243 e. The van der Waals surface area contributed by atoms with Crippen LogP contribution in [-0.2, 0) is 11.2 Å². The highest BCUT2D eigenvalue weighted by molar-refractivity contribution is 5.91. The Bertz CT molecular complexity index is 631. The van der Waals surface area contributed by atoms with Crippen molar-refractivity contribution < 1.29 is 4.79 Å². The highest BCUT2D eigenvalue weighted by Crippen LogP contribution is 2.08. The summed E-state index contributed by atoms with van der Waals surface area (Å²) in [6.07, 6.45) is 6.90. The molecule has 21 heavy (non-hydrogen) atoms. The molecule has 1 amide bonds. The maximum atomic E-state index is 11.7. The van der Waals surface area contributed by atoms with Crippen molar-refractivity contribution in [1.82, 2.24) is 15.5 Å². The topological polar surface area (TPSA) is 83.8 Å². The second-order valence-electron chi connectivity index (χ2n) is 4.92. The fraction of sp³-hybridized carbons (Fsp3) is 0.250. The van der Waals surface area contributed by atoms with E-state index < -0.39 is 0 Å². The number of aryl methyl sites for hydroxylation is 2. The van der Waals surface area contributed by atoms with Crippen molar-refractivity contribution in [3.63, 3.8) is 0 Å². The molecule has 4 N–H and O–H groups in total.